The van der Waals surface area contributed by atoms with Crippen LogP contribution in [0.15, 0.2) is 46.8 Å². The molecular weight excluding hydrogens is 458 g/mol. The SMILES string of the molecule is COc1cc2c(cc1OCC(F)F)C1CC(O)CCC1N=C2c1cccc(-c2csc(C)n2)c1. The Balaban J connectivity index is 1.62. The number of benzene rings is 2. The molecule has 8 heteroatoms. The fraction of sp³-hybridized carbons (Fsp3) is 0.385. The van der Waals surface area contributed by atoms with Crippen LogP contribution in [0.5, 0.6) is 11.5 Å². The number of rotatable bonds is 6. The van der Waals surface area contributed by atoms with Crippen molar-refractivity contribution in [3.8, 4) is 22.8 Å². The van der Waals surface area contributed by atoms with Crippen molar-refractivity contribution in [1.82, 2.24) is 4.98 Å². The lowest BCUT2D eigenvalue weighted by molar-refractivity contribution is 0.0802. The van der Waals surface area contributed by atoms with E-state index in [0.717, 1.165) is 45.1 Å². The molecule has 1 fully saturated rings. The number of hydrogen-bond acceptors (Lipinski definition) is 6. The molecule has 0 spiro atoms. The lowest BCUT2D eigenvalue weighted by Gasteiger charge is -2.37. The van der Waals surface area contributed by atoms with Gasteiger partial charge in [-0.3, -0.25) is 4.99 Å². The fourth-order valence-electron chi connectivity index (χ4n) is 4.92. The van der Waals surface area contributed by atoms with Gasteiger partial charge in [-0.15, -0.1) is 11.3 Å². The maximum Gasteiger partial charge on any atom is 0.272 e. The Kier molecular flexibility index (Phi) is 6.36. The van der Waals surface area contributed by atoms with Crippen molar-refractivity contribution < 1.29 is 23.4 Å². The molecule has 1 N–H and O–H groups in total. The van der Waals surface area contributed by atoms with Gasteiger partial charge in [-0.2, -0.15) is 0 Å². The maximum absolute atomic E-state index is 12.9. The van der Waals surface area contributed by atoms with Crippen LogP contribution in [0.2, 0.25) is 0 Å². The molecule has 3 aromatic rings. The highest BCUT2D eigenvalue weighted by molar-refractivity contribution is 7.09. The molecule has 2 aliphatic rings. The number of thiazole rings is 1. The highest BCUT2D eigenvalue weighted by atomic mass is 32.1. The molecule has 0 bridgehead atoms. The number of aliphatic hydroxyl groups excluding tert-OH is 1. The summed E-state index contributed by atoms with van der Waals surface area (Å²) in [5.74, 6) is 0.660. The van der Waals surface area contributed by atoms with Crippen LogP contribution in [0.1, 0.15) is 46.9 Å². The summed E-state index contributed by atoms with van der Waals surface area (Å²) in [6, 6.07) is 11.8. The van der Waals surface area contributed by atoms with Crippen LogP contribution in [-0.2, 0) is 0 Å². The summed E-state index contributed by atoms with van der Waals surface area (Å²) in [4.78, 5) is 9.75. The molecule has 0 saturated heterocycles. The van der Waals surface area contributed by atoms with Crippen LogP contribution in [0, 0.1) is 6.92 Å². The molecule has 0 radical (unpaired) electrons. The van der Waals surface area contributed by atoms with E-state index in [4.69, 9.17) is 14.5 Å². The average molecular weight is 485 g/mol. The zero-order chi connectivity index (χ0) is 23.8. The summed E-state index contributed by atoms with van der Waals surface area (Å²) in [6.07, 6.45) is -0.962. The lowest BCUT2D eigenvalue weighted by Crippen LogP contribution is -2.34. The maximum atomic E-state index is 12.9. The molecule has 34 heavy (non-hydrogen) atoms. The smallest absolute Gasteiger partial charge is 0.272 e. The van der Waals surface area contributed by atoms with Crippen LogP contribution >= 0.6 is 11.3 Å². The fourth-order valence-corrected chi connectivity index (χ4v) is 5.54. The minimum absolute atomic E-state index is 0.00687. The minimum atomic E-state index is -2.58. The van der Waals surface area contributed by atoms with Gasteiger partial charge in [-0.05, 0) is 49.9 Å². The topological polar surface area (TPSA) is 63.9 Å². The number of halogens is 2. The van der Waals surface area contributed by atoms with E-state index in [9.17, 15) is 13.9 Å². The molecule has 3 unspecified atom stereocenters. The van der Waals surface area contributed by atoms with Crippen molar-refractivity contribution in [2.75, 3.05) is 13.7 Å². The number of aryl methyl sites for hydroxylation is 1. The molecule has 2 heterocycles. The van der Waals surface area contributed by atoms with Crippen LogP contribution in [-0.4, -0.2) is 48.1 Å². The van der Waals surface area contributed by atoms with Gasteiger partial charge in [0, 0.05) is 28.0 Å². The molecule has 1 saturated carbocycles. The largest absolute Gasteiger partial charge is 0.493 e. The van der Waals surface area contributed by atoms with Crippen molar-refractivity contribution in [2.24, 2.45) is 4.99 Å². The number of aliphatic imine (C=N–C) groups is 1. The Hall–Kier alpha value is -2.84. The van der Waals surface area contributed by atoms with Crippen LogP contribution in [0.3, 0.4) is 0 Å². The highest BCUT2D eigenvalue weighted by Gasteiger charge is 2.37. The van der Waals surface area contributed by atoms with E-state index >= 15 is 0 Å². The van der Waals surface area contributed by atoms with Crippen molar-refractivity contribution in [2.45, 2.75) is 50.7 Å². The van der Waals surface area contributed by atoms with Gasteiger partial charge in [0.15, 0.2) is 11.5 Å². The molecule has 3 atom stereocenters. The van der Waals surface area contributed by atoms with E-state index in [2.05, 4.69) is 11.1 Å². The molecule has 5 rings (SSSR count). The van der Waals surface area contributed by atoms with Gasteiger partial charge in [-0.25, -0.2) is 13.8 Å². The molecular formula is C26H26F2N2O3S. The zero-order valence-corrected chi connectivity index (χ0v) is 19.8. The summed E-state index contributed by atoms with van der Waals surface area (Å²) in [6.45, 7) is 1.28. The number of alkyl halides is 2. The second-order valence-corrected chi connectivity index (χ2v) is 9.81. The summed E-state index contributed by atoms with van der Waals surface area (Å²) >= 11 is 1.61. The number of aliphatic hydroxyl groups is 1. The van der Waals surface area contributed by atoms with Crippen molar-refractivity contribution in [1.29, 1.82) is 0 Å². The van der Waals surface area contributed by atoms with Crippen LogP contribution in [0.4, 0.5) is 8.78 Å². The highest BCUT2D eigenvalue weighted by Crippen LogP contribution is 2.45. The predicted octanol–water partition coefficient (Wildman–Crippen LogP) is 5.62. The monoisotopic (exact) mass is 484 g/mol. The first-order valence-electron chi connectivity index (χ1n) is 11.3. The van der Waals surface area contributed by atoms with Crippen molar-refractivity contribution in [3.05, 3.63) is 63.5 Å². The predicted molar refractivity (Wildman–Crippen MR) is 129 cm³/mol. The molecule has 5 nitrogen and oxygen atoms in total. The van der Waals surface area contributed by atoms with E-state index in [1.54, 1.807) is 17.4 Å². The number of hydrogen-bond donors (Lipinski definition) is 1. The number of aromatic nitrogens is 1. The van der Waals surface area contributed by atoms with Gasteiger partial charge in [0.05, 0.1) is 35.7 Å². The molecule has 1 aliphatic heterocycles. The first kappa shape index (κ1) is 22.9. The normalized spacial score (nSPS) is 21.6. The lowest BCUT2D eigenvalue weighted by atomic mass is 9.74. The Morgan fingerprint density at radius 1 is 1.15 bits per heavy atom. The molecule has 178 valence electrons. The quantitative estimate of drug-likeness (QED) is 0.493. The summed E-state index contributed by atoms with van der Waals surface area (Å²) in [5.41, 5.74) is 5.55. The third-order valence-electron chi connectivity index (χ3n) is 6.49. The second kappa shape index (κ2) is 9.43. The molecule has 2 aromatic carbocycles. The number of fused-ring (bicyclic) bond motifs is 3. The Morgan fingerprint density at radius 3 is 2.71 bits per heavy atom. The van der Waals surface area contributed by atoms with E-state index in [1.165, 1.54) is 7.11 Å². The van der Waals surface area contributed by atoms with Gasteiger partial charge < -0.3 is 14.6 Å². The minimum Gasteiger partial charge on any atom is -0.493 e. The van der Waals surface area contributed by atoms with Crippen LogP contribution < -0.4 is 9.47 Å². The summed E-state index contributed by atoms with van der Waals surface area (Å²) in [5, 5.41) is 13.4. The third-order valence-corrected chi connectivity index (χ3v) is 7.26. The number of methoxy groups -OCH3 is 1. The number of nitrogens with zero attached hydrogens (tertiary/aromatic N) is 2. The number of ether oxygens (including phenoxy) is 2. The second-order valence-electron chi connectivity index (χ2n) is 8.74. The van der Waals surface area contributed by atoms with E-state index in [0.29, 0.717) is 18.6 Å². The van der Waals surface area contributed by atoms with Gasteiger partial charge in [0.2, 0.25) is 0 Å². The van der Waals surface area contributed by atoms with E-state index in [1.807, 2.05) is 36.6 Å². The van der Waals surface area contributed by atoms with E-state index < -0.39 is 19.1 Å². The molecule has 0 amide bonds. The standard InChI is InChI=1S/C26H26F2N2O3S/c1-14-29-22(13-34-14)15-4-3-5-16(8-15)26-20-11-23(32-2)24(33-12-25(27)28)10-18(20)19-9-17(31)6-7-21(19)30-26/h3-5,8,10-11,13,17,19,21,25,31H,6-7,9,12H2,1-2H3. The average Bonchev–Trinajstić information content (AvgIpc) is 3.28. The third kappa shape index (κ3) is 4.44. The molecule has 1 aromatic heterocycles. The summed E-state index contributed by atoms with van der Waals surface area (Å²) < 4.78 is 36.6. The Labute approximate surface area is 201 Å². The zero-order valence-electron chi connectivity index (χ0n) is 19.0. The first-order chi connectivity index (χ1) is 16.4. The van der Waals surface area contributed by atoms with E-state index in [-0.39, 0.29) is 17.7 Å². The Bertz CT molecular complexity index is 1230. The Morgan fingerprint density at radius 2 is 1.97 bits per heavy atom. The first-order valence-corrected chi connectivity index (χ1v) is 12.2. The van der Waals surface area contributed by atoms with Gasteiger partial charge in [0.25, 0.3) is 6.43 Å². The van der Waals surface area contributed by atoms with Crippen molar-refractivity contribution in [3.63, 3.8) is 0 Å². The molecule has 1 aliphatic carbocycles. The van der Waals surface area contributed by atoms with Crippen molar-refractivity contribution >= 4 is 17.0 Å². The van der Waals surface area contributed by atoms with Gasteiger partial charge in [-0.1, -0.05) is 18.2 Å². The van der Waals surface area contributed by atoms with Crippen LogP contribution in [0.25, 0.3) is 11.3 Å². The summed E-state index contributed by atoms with van der Waals surface area (Å²) in [7, 11) is 1.50. The van der Waals surface area contributed by atoms with Gasteiger partial charge in [0.1, 0.15) is 6.61 Å². The van der Waals surface area contributed by atoms with Gasteiger partial charge >= 0.3 is 0 Å².